The van der Waals surface area contributed by atoms with Gasteiger partial charge in [-0.1, -0.05) is 37.3 Å². The quantitative estimate of drug-likeness (QED) is 0.885. The first-order chi connectivity index (χ1) is 9.49. The van der Waals surface area contributed by atoms with Crippen molar-refractivity contribution in [2.75, 3.05) is 13.1 Å². The lowest BCUT2D eigenvalue weighted by molar-refractivity contribution is -0.144. The van der Waals surface area contributed by atoms with E-state index in [1.807, 2.05) is 37.3 Å². The van der Waals surface area contributed by atoms with E-state index in [9.17, 15) is 9.59 Å². The summed E-state index contributed by atoms with van der Waals surface area (Å²) in [7, 11) is 0. The number of nitrogens with one attached hydrogen (secondary N) is 1. The zero-order valence-corrected chi connectivity index (χ0v) is 11.7. The SMILES string of the molecule is CC(NC(=O)N1CC(C(C)C(=O)O)C1)c1ccccc1. The molecule has 5 heteroatoms. The van der Waals surface area contributed by atoms with E-state index in [0.29, 0.717) is 13.1 Å². The molecule has 2 amide bonds. The summed E-state index contributed by atoms with van der Waals surface area (Å²) in [6.07, 6.45) is 0. The van der Waals surface area contributed by atoms with Crippen LogP contribution in [0.3, 0.4) is 0 Å². The van der Waals surface area contributed by atoms with Gasteiger partial charge in [0, 0.05) is 19.0 Å². The molecule has 2 unspecified atom stereocenters. The minimum absolute atomic E-state index is 0.0559. The maximum absolute atomic E-state index is 12.0. The molecule has 1 aromatic carbocycles. The molecule has 1 fully saturated rings. The first kappa shape index (κ1) is 14.4. The van der Waals surface area contributed by atoms with Crippen molar-refractivity contribution in [2.45, 2.75) is 19.9 Å². The Hall–Kier alpha value is -2.04. The average Bonchev–Trinajstić information content (AvgIpc) is 2.37. The number of carboxylic acids is 1. The summed E-state index contributed by atoms with van der Waals surface area (Å²) >= 11 is 0. The summed E-state index contributed by atoms with van der Waals surface area (Å²) in [5.74, 6) is -1.14. The van der Waals surface area contributed by atoms with Gasteiger partial charge in [-0.3, -0.25) is 4.79 Å². The molecule has 5 nitrogen and oxygen atoms in total. The number of likely N-dealkylation sites (tertiary alicyclic amines) is 1. The second-order valence-corrected chi connectivity index (χ2v) is 5.37. The van der Waals surface area contributed by atoms with Crippen LogP contribution >= 0.6 is 0 Å². The number of urea groups is 1. The predicted octanol–water partition coefficient (Wildman–Crippen LogP) is 2.11. The summed E-state index contributed by atoms with van der Waals surface area (Å²) in [6, 6.07) is 9.56. The van der Waals surface area contributed by atoms with Gasteiger partial charge in [0.2, 0.25) is 0 Å². The minimum atomic E-state index is -0.798. The summed E-state index contributed by atoms with van der Waals surface area (Å²) in [5.41, 5.74) is 1.05. The molecule has 2 rings (SSSR count). The fourth-order valence-electron chi connectivity index (χ4n) is 2.30. The van der Waals surface area contributed by atoms with E-state index in [0.717, 1.165) is 5.56 Å². The van der Waals surface area contributed by atoms with Crippen molar-refractivity contribution in [3.05, 3.63) is 35.9 Å². The summed E-state index contributed by atoms with van der Waals surface area (Å²) in [6.45, 7) is 4.65. The second-order valence-electron chi connectivity index (χ2n) is 5.37. The lowest BCUT2D eigenvalue weighted by atomic mass is 9.87. The largest absolute Gasteiger partial charge is 0.481 e. The molecule has 20 heavy (non-hydrogen) atoms. The number of hydrogen-bond acceptors (Lipinski definition) is 2. The van der Waals surface area contributed by atoms with Gasteiger partial charge in [-0.25, -0.2) is 4.79 Å². The number of carbonyl (C=O) groups excluding carboxylic acids is 1. The molecular formula is C15H20N2O3. The zero-order valence-electron chi connectivity index (χ0n) is 11.7. The summed E-state index contributed by atoms with van der Waals surface area (Å²) in [4.78, 5) is 24.5. The van der Waals surface area contributed by atoms with Crippen molar-refractivity contribution in [2.24, 2.45) is 11.8 Å². The van der Waals surface area contributed by atoms with Crippen LogP contribution < -0.4 is 5.32 Å². The van der Waals surface area contributed by atoms with Crippen LogP contribution in [0.5, 0.6) is 0 Å². The Balaban J connectivity index is 1.81. The molecule has 2 N–H and O–H groups in total. The normalized spacial score (nSPS) is 18.0. The molecular weight excluding hydrogens is 256 g/mol. The van der Waals surface area contributed by atoms with E-state index in [2.05, 4.69) is 5.32 Å². The third-order valence-electron chi connectivity index (χ3n) is 3.93. The first-order valence-corrected chi connectivity index (χ1v) is 6.82. The molecule has 108 valence electrons. The Bertz CT molecular complexity index is 483. The van der Waals surface area contributed by atoms with Crippen LogP contribution in [-0.2, 0) is 4.79 Å². The molecule has 1 saturated heterocycles. The molecule has 0 aromatic heterocycles. The van der Waals surface area contributed by atoms with Gasteiger partial charge in [-0.2, -0.15) is 0 Å². The molecule has 1 heterocycles. The van der Waals surface area contributed by atoms with Gasteiger partial charge in [0.15, 0.2) is 0 Å². The van der Waals surface area contributed by atoms with Gasteiger partial charge < -0.3 is 15.3 Å². The Labute approximate surface area is 118 Å². The third kappa shape index (κ3) is 3.10. The zero-order chi connectivity index (χ0) is 14.7. The molecule has 0 saturated carbocycles. The monoisotopic (exact) mass is 276 g/mol. The van der Waals surface area contributed by atoms with Crippen LogP contribution in [0.1, 0.15) is 25.5 Å². The van der Waals surface area contributed by atoms with E-state index in [4.69, 9.17) is 5.11 Å². The lowest BCUT2D eigenvalue weighted by Gasteiger charge is -2.41. The fourth-order valence-corrected chi connectivity index (χ4v) is 2.30. The van der Waals surface area contributed by atoms with Gasteiger partial charge >= 0.3 is 12.0 Å². The topological polar surface area (TPSA) is 69.6 Å². The second kappa shape index (κ2) is 5.94. The Morgan fingerprint density at radius 1 is 1.25 bits per heavy atom. The highest BCUT2D eigenvalue weighted by Crippen LogP contribution is 2.24. The third-order valence-corrected chi connectivity index (χ3v) is 3.93. The molecule has 0 bridgehead atoms. The fraction of sp³-hybridized carbons (Fsp3) is 0.467. The van der Waals surface area contributed by atoms with Crippen molar-refractivity contribution in [1.29, 1.82) is 0 Å². The number of benzene rings is 1. The Morgan fingerprint density at radius 2 is 1.85 bits per heavy atom. The average molecular weight is 276 g/mol. The van der Waals surface area contributed by atoms with Crippen molar-refractivity contribution >= 4 is 12.0 Å². The molecule has 0 radical (unpaired) electrons. The van der Waals surface area contributed by atoms with Crippen molar-refractivity contribution in [3.63, 3.8) is 0 Å². The number of amides is 2. The van der Waals surface area contributed by atoms with Gasteiger partial charge in [0.1, 0.15) is 0 Å². The predicted molar refractivity (Wildman–Crippen MR) is 75.3 cm³/mol. The molecule has 1 aromatic rings. The highest BCUT2D eigenvalue weighted by Gasteiger charge is 2.37. The van der Waals surface area contributed by atoms with E-state index >= 15 is 0 Å². The number of hydrogen-bond donors (Lipinski definition) is 2. The highest BCUT2D eigenvalue weighted by atomic mass is 16.4. The number of aliphatic carboxylic acids is 1. The van der Waals surface area contributed by atoms with Gasteiger partial charge in [-0.15, -0.1) is 0 Å². The van der Waals surface area contributed by atoms with Crippen molar-refractivity contribution in [1.82, 2.24) is 10.2 Å². The first-order valence-electron chi connectivity index (χ1n) is 6.82. The van der Waals surface area contributed by atoms with Crippen LogP contribution in [0.15, 0.2) is 30.3 Å². The van der Waals surface area contributed by atoms with E-state index in [-0.39, 0.29) is 18.0 Å². The number of rotatable bonds is 4. The molecule has 0 aliphatic carbocycles. The van der Waals surface area contributed by atoms with Crippen LogP contribution in [0.4, 0.5) is 4.79 Å². The standard InChI is InChI=1S/C15H20N2O3/c1-10(14(18)19)13-8-17(9-13)15(20)16-11(2)12-6-4-3-5-7-12/h3-7,10-11,13H,8-9H2,1-2H3,(H,16,20)(H,18,19). The van der Waals surface area contributed by atoms with Crippen LogP contribution in [0, 0.1) is 11.8 Å². The van der Waals surface area contributed by atoms with Gasteiger partial charge in [0.25, 0.3) is 0 Å². The van der Waals surface area contributed by atoms with Crippen molar-refractivity contribution < 1.29 is 14.7 Å². The van der Waals surface area contributed by atoms with Crippen LogP contribution in [-0.4, -0.2) is 35.1 Å². The van der Waals surface area contributed by atoms with Gasteiger partial charge in [-0.05, 0) is 12.5 Å². The molecule has 2 atom stereocenters. The van der Waals surface area contributed by atoms with E-state index < -0.39 is 11.9 Å². The van der Waals surface area contributed by atoms with Crippen LogP contribution in [0.25, 0.3) is 0 Å². The number of carboxylic acid groups (broad SMARTS) is 1. The molecule has 0 spiro atoms. The highest BCUT2D eigenvalue weighted by molar-refractivity contribution is 5.76. The maximum atomic E-state index is 12.0. The Kier molecular flexibility index (Phi) is 4.27. The molecule has 1 aliphatic heterocycles. The Morgan fingerprint density at radius 3 is 2.40 bits per heavy atom. The van der Waals surface area contributed by atoms with E-state index in [1.54, 1.807) is 11.8 Å². The molecule has 1 aliphatic rings. The van der Waals surface area contributed by atoms with E-state index in [1.165, 1.54) is 0 Å². The number of carbonyl (C=O) groups is 2. The van der Waals surface area contributed by atoms with Crippen LogP contribution in [0.2, 0.25) is 0 Å². The minimum Gasteiger partial charge on any atom is -0.481 e. The summed E-state index contributed by atoms with van der Waals surface area (Å²) in [5, 5.41) is 11.8. The summed E-state index contributed by atoms with van der Waals surface area (Å²) < 4.78 is 0. The van der Waals surface area contributed by atoms with Gasteiger partial charge in [0.05, 0.1) is 12.0 Å². The lowest BCUT2D eigenvalue weighted by Crippen LogP contribution is -2.56. The maximum Gasteiger partial charge on any atom is 0.317 e. The smallest absolute Gasteiger partial charge is 0.317 e. The van der Waals surface area contributed by atoms with Crippen molar-refractivity contribution in [3.8, 4) is 0 Å². The number of nitrogens with zero attached hydrogens (tertiary/aromatic N) is 1.